The van der Waals surface area contributed by atoms with Gasteiger partial charge in [-0.25, -0.2) is 8.78 Å². The van der Waals surface area contributed by atoms with Crippen LogP contribution in [-0.4, -0.2) is 13.9 Å². The molecule has 1 heterocycles. The number of hydrogen-bond acceptors (Lipinski definition) is 4. The van der Waals surface area contributed by atoms with Gasteiger partial charge in [-0.15, -0.1) is 0 Å². The fourth-order valence-corrected chi connectivity index (χ4v) is 2.89. The molecular formula is C17H12F2NO3S-. The number of halogens is 2. The third-order valence-electron chi connectivity index (χ3n) is 3.49. The minimum Gasteiger partial charge on any atom is -0.772 e. The molecule has 2 aromatic carbocycles. The lowest BCUT2D eigenvalue weighted by Crippen LogP contribution is -1.93. The van der Waals surface area contributed by atoms with E-state index >= 15 is 0 Å². The van der Waals surface area contributed by atoms with Crippen molar-refractivity contribution >= 4 is 11.1 Å². The zero-order valence-corrected chi connectivity index (χ0v) is 13.1. The highest BCUT2D eigenvalue weighted by molar-refractivity contribution is 7.78. The summed E-state index contributed by atoms with van der Waals surface area (Å²) in [5.41, 5.74) is 2.26. The van der Waals surface area contributed by atoms with E-state index in [4.69, 9.17) is 4.52 Å². The van der Waals surface area contributed by atoms with Crippen LogP contribution in [0.4, 0.5) is 8.78 Å². The van der Waals surface area contributed by atoms with Gasteiger partial charge in [0.2, 0.25) is 5.76 Å². The summed E-state index contributed by atoms with van der Waals surface area (Å²) in [6, 6.07) is 15.2. The highest BCUT2D eigenvalue weighted by Crippen LogP contribution is 2.38. The largest absolute Gasteiger partial charge is 0.772 e. The maximum Gasteiger partial charge on any atom is 0.298 e. The minimum absolute atomic E-state index is 0.128. The second-order valence-electron chi connectivity index (χ2n) is 5.08. The van der Waals surface area contributed by atoms with Gasteiger partial charge >= 0.3 is 0 Å². The summed E-state index contributed by atoms with van der Waals surface area (Å²) >= 11 is -2.21. The molecule has 7 heteroatoms. The average Bonchev–Trinajstić information content (AvgIpc) is 3.01. The molecule has 0 aliphatic heterocycles. The van der Waals surface area contributed by atoms with Crippen molar-refractivity contribution in [3.8, 4) is 22.4 Å². The van der Waals surface area contributed by atoms with Crippen molar-refractivity contribution in [2.45, 2.75) is 12.2 Å². The van der Waals surface area contributed by atoms with Crippen LogP contribution >= 0.6 is 0 Å². The summed E-state index contributed by atoms with van der Waals surface area (Å²) in [5, 5.41) is 3.80. The molecule has 124 valence electrons. The summed E-state index contributed by atoms with van der Waals surface area (Å²) in [7, 11) is 0. The highest BCUT2D eigenvalue weighted by Gasteiger charge is 2.25. The van der Waals surface area contributed by atoms with Gasteiger partial charge in [0.15, 0.2) is 0 Å². The molecule has 0 bridgehead atoms. The lowest BCUT2D eigenvalue weighted by Gasteiger charge is -2.08. The summed E-state index contributed by atoms with van der Waals surface area (Å²) in [4.78, 5) is 0. The van der Waals surface area contributed by atoms with Crippen molar-refractivity contribution in [3.05, 3.63) is 65.9 Å². The van der Waals surface area contributed by atoms with E-state index in [0.29, 0.717) is 22.4 Å². The summed E-state index contributed by atoms with van der Waals surface area (Å²) in [5.74, 6) is -0.633. The zero-order chi connectivity index (χ0) is 17.1. The molecule has 3 aromatic rings. The molecule has 0 amide bonds. The lowest BCUT2D eigenvalue weighted by atomic mass is 9.98. The Morgan fingerprint density at radius 1 is 1.04 bits per heavy atom. The van der Waals surface area contributed by atoms with Crippen LogP contribution in [-0.2, 0) is 16.8 Å². The van der Waals surface area contributed by atoms with Gasteiger partial charge in [0.25, 0.3) is 6.43 Å². The van der Waals surface area contributed by atoms with Crippen molar-refractivity contribution in [3.63, 3.8) is 0 Å². The van der Waals surface area contributed by atoms with Gasteiger partial charge in [-0.3, -0.25) is 4.21 Å². The van der Waals surface area contributed by atoms with Gasteiger partial charge in [0.05, 0.1) is 5.56 Å². The maximum absolute atomic E-state index is 13.3. The first kappa shape index (κ1) is 16.5. The Labute approximate surface area is 139 Å². The van der Waals surface area contributed by atoms with Crippen LogP contribution in [0.15, 0.2) is 59.1 Å². The molecule has 0 saturated carbocycles. The van der Waals surface area contributed by atoms with Gasteiger partial charge in [-0.1, -0.05) is 70.8 Å². The van der Waals surface area contributed by atoms with Crippen LogP contribution in [0, 0.1) is 0 Å². The van der Waals surface area contributed by atoms with Gasteiger partial charge in [-0.2, -0.15) is 0 Å². The molecule has 0 spiro atoms. The van der Waals surface area contributed by atoms with E-state index in [1.165, 1.54) is 0 Å². The number of aromatic nitrogens is 1. The Balaban J connectivity index is 2.08. The quantitative estimate of drug-likeness (QED) is 0.644. The molecule has 0 aliphatic rings. The molecular weight excluding hydrogens is 336 g/mol. The Morgan fingerprint density at radius 2 is 1.71 bits per heavy atom. The monoisotopic (exact) mass is 348 g/mol. The van der Waals surface area contributed by atoms with Gasteiger partial charge in [0, 0.05) is 11.3 Å². The minimum atomic E-state index is -2.81. The van der Waals surface area contributed by atoms with Crippen LogP contribution in [0.5, 0.6) is 0 Å². The first-order valence-corrected chi connectivity index (χ1v) is 8.29. The first-order chi connectivity index (χ1) is 11.6. The second-order valence-corrected chi connectivity index (χ2v) is 5.98. The molecule has 1 unspecified atom stereocenters. The van der Waals surface area contributed by atoms with E-state index in [9.17, 15) is 17.5 Å². The molecule has 4 nitrogen and oxygen atoms in total. The fraction of sp³-hybridized carbons (Fsp3) is 0.118. The highest BCUT2D eigenvalue weighted by atomic mass is 32.2. The van der Waals surface area contributed by atoms with Gasteiger partial charge in [0.1, 0.15) is 5.69 Å². The van der Waals surface area contributed by atoms with Crippen LogP contribution in [0.3, 0.4) is 0 Å². The lowest BCUT2D eigenvalue weighted by molar-refractivity contribution is 0.113. The van der Waals surface area contributed by atoms with Gasteiger partial charge in [-0.05, 0) is 11.1 Å². The Morgan fingerprint density at radius 3 is 2.29 bits per heavy atom. The Bertz CT molecular complexity index is 848. The van der Waals surface area contributed by atoms with Crippen molar-refractivity contribution in [2.75, 3.05) is 0 Å². The van der Waals surface area contributed by atoms with E-state index < -0.39 is 23.3 Å². The summed E-state index contributed by atoms with van der Waals surface area (Å²) < 4.78 is 52.9. The molecule has 1 atom stereocenters. The first-order valence-electron chi connectivity index (χ1n) is 7.04. The normalized spacial score (nSPS) is 12.5. The second kappa shape index (κ2) is 7.02. The van der Waals surface area contributed by atoms with E-state index in [1.54, 1.807) is 48.5 Å². The zero-order valence-electron chi connectivity index (χ0n) is 12.3. The predicted molar refractivity (Wildman–Crippen MR) is 85.0 cm³/mol. The third kappa shape index (κ3) is 3.42. The van der Waals surface area contributed by atoms with Crippen molar-refractivity contribution in [2.24, 2.45) is 0 Å². The molecule has 0 aliphatic carbocycles. The van der Waals surface area contributed by atoms with E-state index in [2.05, 4.69) is 5.16 Å². The molecule has 1 aromatic heterocycles. The number of benzene rings is 2. The van der Waals surface area contributed by atoms with E-state index in [1.807, 2.05) is 6.07 Å². The molecule has 24 heavy (non-hydrogen) atoms. The van der Waals surface area contributed by atoms with Crippen LogP contribution in [0.25, 0.3) is 22.4 Å². The number of hydrogen-bond donors (Lipinski definition) is 0. The van der Waals surface area contributed by atoms with Crippen molar-refractivity contribution < 1.29 is 22.1 Å². The fourth-order valence-electron chi connectivity index (χ4n) is 2.43. The van der Waals surface area contributed by atoms with Crippen molar-refractivity contribution in [1.29, 1.82) is 0 Å². The molecule has 3 rings (SSSR count). The standard InChI is InChI=1S/C17H13F2NO3S/c18-17(19)16-14(12-8-6-11(7-9-12)10-24(21)22)15(20-23-16)13-4-2-1-3-5-13/h1-9,17H,10H2,(H,21,22)/p-1. The molecule has 0 N–H and O–H groups in total. The molecule has 0 fully saturated rings. The predicted octanol–water partition coefficient (Wildman–Crippen LogP) is 4.33. The molecule has 0 radical (unpaired) electrons. The Hall–Kier alpha value is -2.38. The molecule has 0 saturated heterocycles. The van der Waals surface area contributed by atoms with Crippen LogP contribution in [0.1, 0.15) is 17.7 Å². The summed E-state index contributed by atoms with van der Waals surface area (Å²) in [6.07, 6.45) is -2.81. The van der Waals surface area contributed by atoms with Crippen molar-refractivity contribution in [1.82, 2.24) is 5.16 Å². The van der Waals surface area contributed by atoms with E-state index in [-0.39, 0.29) is 11.3 Å². The third-order valence-corrected chi connectivity index (χ3v) is 4.06. The number of alkyl halides is 2. The van der Waals surface area contributed by atoms with E-state index in [0.717, 1.165) is 0 Å². The average molecular weight is 348 g/mol. The SMILES string of the molecule is O=S([O-])Cc1ccc(-c2c(-c3ccccc3)noc2C(F)F)cc1. The topological polar surface area (TPSA) is 66.2 Å². The number of nitrogens with zero attached hydrogens (tertiary/aromatic N) is 1. The summed E-state index contributed by atoms with van der Waals surface area (Å²) in [6.45, 7) is 0. The smallest absolute Gasteiger partial charge is 0.298 e. The number of rotatable bonds is 5. The van der Waals surface area contributed by atoms with Crippen LogP contribution < -0.4 is 0 Å². The van der Waals surface area contributed by atoms with Crippen LogP contribution in [0.2, 0.25) is 0 Å². The Kier molecular flexibility index (Phi) is 4.82. The van der Waals surface area contributed by atoms with Gasteiger partial charge < -0.3 is 9.08 Å². The maximum atomic E-state index is 13.3.